The third kappa shape index (κ3) is 6.34. The lowest BCUT2D eigenvalue weighted by atomic mass is 10.2. The van der Waals surface area contributed by atoms with Crippen LogP contribution in [0.4, 0.5) is 0 Å². The Morgan fingerprint density at radius 2 is 2.11 bits per heavy atom. The molecule has 5 nitrogen and oxygen atoms in total. The highest BCUT2D eigenvalue weighted by Gasteiger charge is 2.10. The number of sulfonamides is 1. The van der Waals surface area contributed by atoms with E-state index in [4.69, 9.17) is 5.26 Å². The van der Waals surface area contributed by atoms with Gasteiger partial charge in [0.25, 0.3) is 0 Å². The monoisotopic (exact) mass is 281 g/mol. The SMILES string of the molecule is CCNCCCNS(=O)(=O)Cc1cccc(C#N)c1. The van der Waals surface area contributed by atoms with Gasteiger partial charge in [-0.25, -0.2) is 13.1 Å². The number of nitrogens with one attached hydrogen (secondary N) is 2. The van der Waals surface area contributed by atoms with E-state index in [0.717, 1.165) is 19.5 Å². The molecule has 1 aromatic rings. The van der Waals surface area contributed by atoms with E-state index in [2.05, 4.69) is 10.0 Å². The van der Waals surface area contributed by atoms with E-state index in [0.29, 0.717) is 17.7 Å². The molecule has 6 heteroatoms. The normalized spacial score (nSPS) is 11.2. The van der Waals surface area contributed by atoms with Gasteiger partial charge in [-0.2, -0.15) is 5.26 Å². The molecule has 104 valence electrons. The Morgan fingerprint density at radius 1 is 1.32 bits per heavy atom. The highest BCUT2D eigenvalue weighted by molar-refractivity contribution is 7.88. The summed E-state index contributed by atoms with van der Waals surface area (Å²) in [6, 6.07) is 8.64. The fourth-order valence-electron chi connectivity index (χ4n) is 1.62. The second kappa shape index (κ2) is 7.89. The first-order valence-corrected chi connectivity index (χ1v) is 7.89. The van der Waals surface area contributed by atoms with Crippen LogP contribution in [0.25, 0.3) is 0 Å². The summed E-state index contributed by atoms with van der Waals surface area (Å²) in [5, 5.41) is 11.9. The molecular weight excluding hydrogens is 262 g/mol. The lowest BCUT2D eigenvalue weighted by Crippen LogP contribution is -2.28. The minimum atomic E-state index is -3.33. The molecule has 0 atom stereocenters. The Bertz CT molecular complexity index is 535. The third-order valence-corrected chi connectivity index (χ3v) is 3.87. The maximum absolute atomic E-state index is 11.8. The minimum absolute atomic E-state index is 0.0935. The van der Waals surface area contributed by atoms with E-state index in [1.165, 1.54) is 0 Å². The Hall–Kier alpha value is -1.42. The van der Waals surface area contributed by atoms with E-state index in [9.17, 15) is 8.42 Å². The van der Waals surface area contributed by atoms with E-state index in [1.54, 1.807) is 24.3 Å². The first kappa shape index (κ1) is 15.6. The largest absolute Gasteiger partial charge is 0.317 e. The molecule has 0 aromatic heterocycles. The molecule has 0 aliphatic heterocycles. The van der Waals surface area contributed by atoms with Crippen molar-refractivity contribution in [2.75, 3.05) is 19.6 Å². The van der Waals surface area contributed by atoms with Gasteiger partial charge < -0.3 is 5.32 Å². The van der Waals surface area contributed by atoms with Gasteiger partial charge in [-0.1, -0.05) is 19.1 Å². The number of hydrogen-bond donors (Lipinski definition) is 2. The van der Waals surface area contributed by atoms with E-state index < -0.39 is 10.0 Å². The van der Waals surface area contributed by atoms with Crippen molar-refractivity contribution in [1.29, 1.82) is 5.26 Å². The molecule has 0 fully saturated rings. The first-order chi connectivity index (χ1) is 9.07. The summed E-state index contributed by atoms with van der Waals surface area (Å²) in [4.78, 5) is 0. The molecule has 0 amide bonds. The molecule has 1 rings (SSSR count). The van der Waals surface area contributed by atoms with Gasteiger partial charge in [0.1, 0.15) is 0 Å². The Labute approximate surface area is 114 Å². The van der Waals surface area contributed by atoms with Crippen LogP contribution in [0, 0.1) is 11.3 Å². The fraction of sp³-hybridized carbons (Fsp3) is 0.462. The van der Waals surface area contributed by atoms with Crippen LogP contribution in [0.1, 0.15) is 24.5 Å². The number of hydrogen-bond acceptors (Lipinski definition) is 4. The third-order valence-electron chi connectivity index (χ3n) is 2.52. The van der Waals surface area contributed by atoms with Crippen LogP contribution in [-0.4, -0.2) is 28.1 Å². The first-order valence-electron chi connectivity index (χ1n) is 6.24. The van der Waals surface area contributed by atoms with Crippen molar-refractivity contribution in [3.8, 4) is 6.07 Å². The van der Waals surface area contributed by atoms with Crippen molar-refractivity contribution >= 4 is 10.0 Å². The molecule has 0 spiro atoms. The Morgan fingerprint density at radius 3 is 2.79 bits per heavy atom. The summed E-state index contributed by atoms with van der Waals surface area (Å²) in [7, 11) is -3.33. The van der Waals surface area contributed by atoms with Crippen molar-refractivity contribution in [3.63, 3.8) is 0 Å². The molecule has 0 aliphatic rings. The van der Waals surface area contributed by atoms with Gasteiger partial charge >= 0.3 is 0 Å². The predicted octanol–water partition coefficient (Wildman–Crippen LogP) is 0.977. The smallest absolute Gasteiger partial charge is 0.215 e. The second-order valence-electron chi connectivity index (χ2n) is 4.17. The predicted molar refractivity (Wildman–Crippen MR) is 74.9 cm³/mol. The highest BCUT2D eigenvalue weighted by Crippen LogP contribution is 2.07. The molecule has 0 bridgehead atoms. The summed E-state index contributed by atoms with van der Waals surface area (Å²) >= 11 is 0. The van der Waals surface area contributed by atoms with Crippen molar-refractivity contribution in [1.82, 2.24) is 10.0 Å². The fourth-order valence-corrected chi connectivity index (χ4v) is 2.79. The highest BCUT2D eigenvalue weighted by atomic mass is 32.2. The zero-order valence-corrected chi connectivity index (χ0v) is 11.8. The summed E-state index contributed by atoms with van der Waals surface area (Å²) in [6.45, 7) is 4.11. The van der Waals surface area contributed by atoms with Crippen molar-refractivity contribution in [2.45, 2.75) is 19.1 Å². The average molecular weight is 281 g/mol. The van der Waals surface area contributed by atoms with Gasteiger partial charge in [0.05, 0.1) is 17.4 Å². The molecule has 2 N–H and O–H groups in total. The van der Waals surface area contributed by atoms with Crippen LogP contribution in [-0.2, 0) is 15.8 Å². The van der Waals surface area contributed by atoms with Crippen LogP contribution in [0.5, 0.6) is 0 Å². The zero-order chi connectivity index (χ0) is 14.1. The maximum Gasteiger partial charge on any atom is 0.215 e. The summed E-state index contributed by atoms with van der Waals surface area (Å²) in [5.74, 6) is -0.0935. The molecule has 0 unspecified atom stereocenters. The van der Waals surface area contributed by atoms with Gasteiger partial charge in [-0.3, -0.25) is 0 Å². The van der Waals surface area contributed by atoms with E-state index in [-0.39, 0.29) is 5.75 Å². The maximum atomic E-state index is 11.8. The van der Waals surface area contributed by atoms with Gasteiger partial charge in [0.2, 0.25) is 10.0 Å². The van der Waals surface area contributed by atoms with Gasteiger partial charge in [-0.15, -0.1) is 0 Å². The molecular formula is C13H19N3O2S. The number of nitriles is 1. The molecule has 19 heavy (non-hydrogen) atoms. The molecule has 0 radical (unpaired) electrons. The van der Waals surface area contributed by atoms with Crippen molar-refractivity contribution in [3.05, 3.63) is 35.4 Å². The Kier molecular flexibility index (Phi) is 6.50. The quantitative estimate of drug-likeness (QED) is 0.696. The van der Waals surface area contributed by atoms with Crippen molar-refractivity contribution in [2.24, 2.45) is 0 Å². The number of benzene rings is 1. The standard InChI is InChI=1S/C13H19N3O2S/c1-2-15-7-4-8-16-19(17,18)11-13-6-3-5-12(9-13)10-14/h3,5-6,9,15-16H,2,4,7-8,11H2,1H3. The van der Waals surface area contributed by atoms with Crippen LogP contribution in [0.3, 0.4) is 0 Å². The molecule has 0 saturated heterocycles. The lowest BCUT2D eigenvalue weighted by Gasteiger charge is -2.07. The van der Waals surface area contributed by atoms with Gasteiger partial charge in [0, 0.05) is 6.54 Å². The van der Waals surface area contributed by atoms with E-state index in [1.807, 2.05) is 13.0 Å². The molecule has 1 aromatic carbocycles. The van der Waals surface area contributed by atoms with Crippen LogP contribution < -0.4 is 10.0 Å². The molecule has 0 saturated carbocycles. The average Bonchev–Trinajstić information content (AvgIpc) is 2.38. The number of rotatable bonds is 8. The summed E-state index contributed by atoms with van der Waals surface area (Å²) in [5.41, 5.74) is 1.10. The summed E-state index contributed by atoms with van der Waals surface area (Å²) < 4.78 is 26.2. The van der Waals surface area contributed by atoms with Crippen LogP contribution >= 0.6 is 0 Å². The molecule has 0 aliphatic carbocycles. The summed E-state index contributed by atoms with van der Waals surface area (Å²) in [6.07, 6.45) is 0.755. The minimum Gasteiger partial charge on any atom is -0.317 e. The van der Waals surface area contributed by atoms with Gasteiger partial charge in [-0.05, 0) is 37.2 Å². The van der Waals surface area contributed by atoms with E-state index >= 15 is 0 Å². The molecule has 0 heterocycles. The van der Waals surface area contributed by atoms with Crippen LogP contribution in [0.15, 0.2) is 24.3 Å². The van der Waals surface area contributed by atoms with Gasteiger partial charge in [0.15, 0.2) is 0 Å². The lowest BCUT2D eigenvalue weighted by molar-refractivity contribution is 0.574. The van der Waals surface area contributed by atoms with Crippen molar-refractivity contribution < 1.29 is 8.42 Å². The van der Waals surface area contributed by atoms with Crippen LogP contribution in [0.2, 0.25) is 0 Å². The number of nitrogens with zero attached hydrogens (tertiary/aromatic N) is 1. The zero-order valence-electron chi connectivity index (χ0n) is 11.0. The Balaban J connectivity index is 2.48. The second-order valence-corrected chi connectivity index (χ2v) is 5.98. The topological polar surface area (TPSA) is 82.0 Å².